The van der Waals surface area contributed by atoms with Crippen LogP contribution in [0, 0.1) is 0 Å². The largest absolute Gasteiger partial charge is 0.479 e. The summed E-state index contributed by atoms with van der Waals surface area (Å²) in [5.41, 5.74) is 0. The summed E-state index contributed by atoms with van der Waals surface area (Å²) in [7, 11) is 0. The Morgan fingerprint density at radius 3 is 2.50 bits per heavy atom. The highest BCUT2D eigenvalue weighted by atomic mass is 16.5. The van der Waals surface area contributed by atoms with Crippen LogP contribution < -0.4 is 0 Å². The molecule has 0 rings (SSSR count). The van der Waals surface area contributed by atoms with Crippen LogP contribution in [-0.2, 0) is 9.53 Å². The second-order valence-electron chi connectivity index (χ2n) is 1.94. The van der Waals surface area contributed by atoms with E-state index in [9.17, 15) is 4.79 Å². The maximum absolute atomic E-state index is 10.1. The molecule has 4 heteroatoms. The fraction of sp³-hybridized carbons (Fsp3) is 0.833. The minimum atomic E-state index is -1.42. The van der Waals surface area contributed by atoms with Gasteiger partial charge in [-0.25, -0.2) is 4.79 Å². The second-order valence-corrected chi connectivity index (χ2v) is 1.94. The molecule has 0 heterocycles. The number of hydrogen-bond acceptors (Lipinski definition) is 3. The quantitative estimate of drug-likeness (QED) is 0.582. The normalized spacial score (nSPS) is 16.3. The molecule has 60 valence electrons. The summed E-state index contributed by atoms with van der Waals surface area (Å²) < 4.78 is 4.83. The predicted molar refractivity (Wildman–Crippen MR) is 34.7 cm³/mol. The van der Waals surface area contributed by atoms with Gasteiger partial charge in [-0.05, 0) is 13.8 Å². The molecule has 0 aromatic rings. The summed E-state index contributed by atoms with van der Waals surface area (Å²) in [5.74, 6) is -1.25. The second kappa shape index (κ2) is 4.24. The molecule has 2 atom stereocenters. The Balaban J connectivity index is 3.69. The molecule has 2 unspecified atom stereocenters. The summed E-state index contributed by atoms with van der Waals surface area (Å²) in [4.78, 5) is 10.1. The van der Waals surface area contributed by atoms with Gasteiger partial charge in [-0.1, -0.05) is 0 Å². The van der Waals surface area contributed by atoms with Gasteiger partial charge >= 0.3 is 5.97 Å². The molecule has 0 aliphatic carbocycles. The molecule has 10 heavy (non-hydrogen) atoms. The third-order valence-corrected chi connectivity index (χ3v) is 1.13. The third kappa shape index (κ3) is 2.80. The highest BCUT2D eigenvalue weighted by Crippen LogP contribution is 1.97. The lowest BCUT2D eigenvalue weighted by atomic mass is 10.2. The number of carboxylic acids is 1. The Morgan fingerprint density at radius 2 is 2.20 bits per heavy atom. The van der Waals surface area contributed by atoms with Crippen LogP contribution in [0.1, 0.15) is 13.8 Å². The zero-order chi connectivity index (χ0) is 8.15. The van der Waals surface area contributed by atoms with Gasteiger partial charge in [0.15, 0.2) is 6.10 Å². The molecule has 0 spiro atoms. The van der Waals surface area contributed by atoms with E-state index in [0.29, 0.717) is 6.61 Å². The van der Waals surface area contributed by atoms with E-state index in [4.69, 9.17) is 14.9 Å². The zero-order valence-corrected chi connectivity index (χ0v) is 6.07. The lowest BCUT2D eigenvalue weighted by Crippen LogP contribution is -2.33. The fourth-order valence-electron chi connectivity index (χ4n) is 0.555. The fourth-order valence-corrected chi connectivity index (χ4v) is 0.555. The van der Waals surface area contributed by atoms with E-state index in [2.05, 4.69) is 0 Å². The predicted octanol–water partition coefficient (Wildman–Crippen LogP) is -0.143. The van der Waals surface area contributed by atoms with Crippen LogP contribution in [0.2, 0.25) is 0 Å². The summed E-state index contributed by atoms with van der Waals surface area (Å²) in [6.07, 6.45) is -2.05. The molecule has 0 aromatic carbocycles. The van der Waals surface area contributed by atoms with E-state index >= 15 is 0 Å². The third-order valence-electron chi connectivity index (χ3n) is 1.13. The van der Waals surface area contributed by atoms with Crippen molar-refractivity contribution in [1.29, 1.82) is 0 Å². The number of ether oxygens (including phenoxy) is 1. The van der Waals surface area contributed by atoms with E-state index in [1.165, 1.54) is 6.92 Å². The Bertz CT molecular complexity index is 112. The summed E-state index contributed by atoms with van der Waals surface area (Å²) >= 11 is 0. The Hall–Kier alpha value is -0.610. The summed E-state index contributed by atoms with van der Waals surface area (Å²) in [6.45, 7) is 3.67. The molecule has 0 saturated heterocycles. The smallest absolute Gasteiger partial charge is 0.335 e. The van der Waals surface area contributed by atoms with Crippen LogP contribution in [0.5, 0.6) is 0 Å². The van der Waals surface area contributed by atoms with Crippen LogP contribution in [-0.4, -0.2) is 35.0 Å². The van der Waals surface area contributed by atoms with Crippen LogP contribution in [0.25, 0.3) is 0 Å². The van der Waals surface area contributed by atoms with Gasteiger partial charge in [-0.15, -0.1) is 0 Å². The zero-order valence-electron chi connectivity index (χ0n) is 6.07. The summed E-state index contributed by atoms with van der Waals surface area (Å²) in [5, 5.41) is 17.1. The van der Waals surface area contributed by atoms with E-state index in [1.807, 2.05) is 0 Å². The van der Waals surface area contributed by atoms with Crippen LogP contribution in [0.4, 0.5) is 0 Å². The number of carboxylic acid groups (broad SMARTS) is 1. The minimum Gasteiger partial charge on any atom is -0.479 e. The molecule has 0 aliphatic heterocycles. The molecule has 0 fully saturated rings. The van der Waals surface area contributed by atoms with Gasteiger partial charge in [0.2, 0.25) is 0 Å². The maximum Gasteiger partial charge on any atom is 0.335 e. The molecular weight excluding hydrogens is 136 g/mol. The van der Waals surface area contributed by atoms with Gasteiger partial charge in [-0.3, -0.25) is 0 Å². The van der Waals surface area contributed by atoms with Gasteiger partial charge in [0.05, 0.1) is 6.10 Å². The molecule has 2 N–H and O–H groups in total. The van der Waals surface area contributed by atoms with Crippen LogP contribution >= 0.6 is 0 Å². The first-order valence-electron chi connectivity index (χ1n) is 3.12. The van der Waals surface area contributed by atoms with Crippen molar-refractivity contribution in [1.82, 2.24) is 0 Å². The van der Waals surface area contributed by atoms with Crippen LogP contribution in [0.3, 0.4) is 0 Å². The monoisotopic (exact) mass is 148 g/mol. The van der Waals surface area contributed by atoms with Crippen molar-refractivity contribution in [3.8, 4) is 0 Å². The van der Waals surface area contributed by atoms with Crippen molar-refractivity contribution >= 4 is 5.97 Å². The first-order chi connectivity index (χ1) is 4.59. The molecule has 0 aliphatic rings. The lowest BCUT2D eigenvalue weighted by Gasteiger charge is -2.13. The highest BCUT2D eigenvalue weighted by Gasteiger charge is 2.21. The van der Waals surface area contributed by atoms with E-state index in [0.717, 1.165) is 0 Å². The molecule has 4 nitrogen and oxygen atoms in total. The number of aliphatic carboxylic acids is 1. The number of carbonyl (C=O) groups is 1. The summed E-state index contributed by atoms with van der Waals surface area (Å²) in [6, 6.07) is 0. The van der Waals surface area contributed by atoms with Crippen molar-refractivity contribution in [2.75, 3.05) is 6.61 Å². The van der Waals surface area contributed by atoms with Gasteiger partial charge in [-0.2, -0.15) is 0 Å². The molecule has 0 bridgehead atoms. The number of aliphatic hydroxyl groups excluding tert-OH is 1. The average Bonchev–Trinajstić information content (AvgIpc) is 1.87. The first-order valence-corrected chi connectivity index (χ1v) is 3.12. The van der Waals surface area contributed by atoms with Crippen molar-refractivity contribution < 1.29 is 19.7 Å². The van der Waals surface area contributed by atoms with Crippen LogP contribution in [0.15, 0.2) is 0 Å². The Morgan fingerprint density at radius 1 is 1.70 bits per heavy atom. The molecular formula is C6H12O4. The standard InChI is InChI=1S/C6H12O4/c1-3-10-4(2)5(7)6(8)9/h4-5,7H,3H2,1-2H3,(H,8,9). The van der Waals surface area contributed by atoms with E-state index < -0.39 is 18.2 Å². The van der Waals surface area contributed by atoms with Crippen molar-refractivity contribution in [2.24, 2.45) is 0 Å². The van der Waals surface area contributed by atoms with Gasteiger partial charge in [0.25, 0.3) is 0 Å². The van der Waals surface area contributed by atoms with Crippen molar-refractivity contribution in [2.45, 2.75) is 26.1 Å². The van der Waals surface area contributed by atoms with E-state index in [-0.39, 0.29) is 0 Å². The lowest BCUT2D eigenvalue weighted by molar-refractivity contribution is -0.154. The number of rotatable bonds is 4. The van der Waals surface area contributed by atoms with Gasteiger partial charge < -0.3 is 14.9 Å². The first kappa shape index (κ1) is 9.39. The highest BCUT2D eigenvalue weighted by molar-refractivity contribution is 5.72. The maximum atomic E-state index is 10.1. The van der Waals surface area contributed by atoms with Gasteiger partial charge in [0, 0.05) is 6.61 Å². The topological polar surface area (TPSA) is 66.8 Å². The number of hydrogen-bond donors (Lipinski definition) is 2. The van der Waals surface area contributed by atoms with Gasteiger partial charge in [0.1, 0.15) is 0 Å². The SMILES string of the molecule is CCOC(C)C(O)C(=O)O. The number of aliphatic hydroxyl groups is 1. The average molecular weight is 148 g/mol. The molecule has 0 radical (unpaired) electrons. The van der Waals surface area contributed by atoms with E-state index in [1.54, 1.807) is 6.92 Å². The Kier molecular flexibility index (Phi) is 3.99. The molecule has 0 aromatic heterocycles. The van der Waals surface area contributed by atoms with Crippen molar-refractivity contribution in [3.63, 3.8) is 0 Å². The molecule has 0 saturated carbocycles. The molecule has 0 amide bonds. The Labute approximate surface area is 59.4 Å². The van der Waals surface area contributed by atoms with Crippen molar-refractivity contribution in [3.05, 3.63) is 0 Å². The minimum absolute atomic E-state index is 0.408.